The molecule has 0 radical (unpaired) electrons. The van der Waals surface area contributed by atoms with Gasteiger partial charge in [-0.2, -0.15) is 0 Å². The van der Waals surface area contributed by atoms with E-state index in [4.69, 9.17) is 14.5 Å². The number of hydrogen-bond acceptors (Lipinski definition) is 6. The molecule has 1 fully saturated rings. The van der Waals surface area contributed by atoms with E-state index in [-0.39, 0.29) is 23.8 Å². The monoisotopic (exact) mass is 540 g/mol. The lowest BCUT2D eigenvalue weighted by molar-refractivity contribution is -0.126. The van der Waals surface area contributed by atoms with E-state index < -0.39 is 6.04 Å². The molecule has 2 N–H and O–H groups in total. The van der Waals surface area contributed by atoms with Crippen LogP contribution in [0.4, 0.5) is 0 Å². The molecule has 2 atom stereocenters. The number of fused-ring (bicyclic) bond motifs is 1. The van der Waals surface area contributed by atoms with Crippen molar-refractivity contribution in [3.63, 3.8) is 0 Å². The molecule has 1 saturated heterocycles. The number of hydrogen-bond donors (Lipinski definition) is 2. The van der Waals surface area contributed by atoms with E-state index in [1.54, 1.807) is 11.3 Å². The van der Waals surface area contributed by atoms with Gasteiger partial charge in [-0.05, 0) is 54.8 Å². The average Bonchev–Trinajstić information content (AvgIpc) is 3.55. The second-order valence-electron chi connectivity index (χ2n) is 10.3. The van der Waals surface area contributed by atoms with Gasteiger partial charge in [0.1, 0.15) is 11.9 Å². The molecular weight excluding hydrogens is 500 g/mol. The lowest BCUT2D eigenvalue weighted by Gasteiger charge is -2.25. The first-order chi connectivity index (χ1) is 18.4. The van der Waals surface area contributed by atoms with Gasteiger partial charge >= 0.3 is 0 Å². The molecule has 2 aromatic heterocycles. The summed E-state index contributed by atoms with van der Waals surface area (Å²) < 4.78 is 13.4. The molecule has 8 nitrogen and oxygen atoms in total. The molecule has 1 aliphatic heterocycles. The Morgan fingerprint density at radius 3 is 2.66 bits per heavy atom. The lowest BCUT2D eigenvalue weighted by Crippen LogP contribution is -2.50. The van der Waals surface area contributed by atoms with Crippen molar-refractivity contribution < 1.29 is 19.1 Å². The predicted molar refractivity (Wildman–Crippen MR) is 151 cm³/mol. The highest BCUT2D eigenvalue weighted by atomic mass is 32.1. The van der Waals surface area contributed by atoms with Crippen LogP contribution in [0.25, 0.3) is 11.0 Å². The van der Waals surface area contributed by atoms with Crippen molar-refractivity contribution in [1.29, 1.82) is 0 Å². The van der Waals surface area contributed by atoms with Crippen LogP contribution in [0.2, 0.25) is 0 Å². The van der Waals surface area contributed by atoms with Crippen LogP contribution in [-0.2, 0) is 20.7 Å². The first kappa shape index (κ1) is 28.3. The second kappa shape index (κ2) is 13.4. The first-order valence-electron chi connectivity index (χ1n) is 13.7. The van der Waals surface area contributed by atoms with Gasteiger partial charge in [-0.25, -0.2) is 4.98 Å². The highest BCUT2D eigenvalue weighted by Crippen LogP contribution is 2.28. The molecule has 206 valence electrons. The van der Waals surface area contributed by atoms with Crippen molar-refractivity contribution in [3.8, 4) is 0 Å². The maximum atomic E-state index is 13.3. The Balaban J connectivity index is 1.53. The first-order valence-corrected chi connectivity index (χ1v) is 14.6. The molecule has 0 saturated carbocycles. The van der Waals surface area contributed by atoms with Gasteiger partial charge in [-0.3, -0.25) is 9.59 Å². The number of nitrogens with one attached hydrogen (secondary N) is 2. The predicted octanol–water partition coefficient (Wildman–Crippen LogP) is 4.73. The fourth-order valence-corrected chi connectivity index (χ4v) is 5.68. The number of nitrogens with zero attached hydrogens (tertiary/aromatic N) is 2. The maximum Gasteiger partial charge on any atom is 0.252 e. The molecule has 0 bridgehead atoms. The number of rotatable bonds is 12. The van der Waals surface area contributed by atoms with E-state index in [9.17, 15) is 9.59 Å². The van der Waals surface area contributed by atoms with Crippen LogP contribution in [0.5, 0.6) is 0 Å². The minimum atomic E-state index is -0.640. The Bertz CT molecular complexity index is 1200. The number of thiophene rings is 1. The lowest BCUT2D eigenvalue weighted by atomic mass is 10.0. The van der Waals surface area contributed by atoms with Crippen molar-refractivity contribution >= 4 is 34.2 Å². The van der Waals surface area contributed by atoms with Gasteiger partial charge in [-0.15, -0.1) is 11.3 Å². The van der Waals surface area contributed by atoms with Gasteiger partial charge in [0.25, 0.3) is 5.91 Å². The number of benzene rings is 1. The summed E-state index contributed by atoms with van der Waals surface area (Å²) in [5.41, 5.74) is 2.34. The third kappa shape index (κ3) is 7.01. The summed E-state index contributed by atoms with van der Waals surface area (Å²) in [6, 6.07) is 9.57. The number of ether oxygens (including phenoxy) is 2. The smallest absolute Gasteiger partial charge is 0.252 e. The summed E-state index contributed by atoms with van der Waals surface area (Å²) in [6.45, 7) is 10.4. The largest absolute Gasteiger partial charge is 0.376 e. The van der Waals surface area contributed by atoms with Crippen molar-refractivity contribution in [3.05, 3.63) is 52.0 Å². The van der Waals surface area contributed by atoms with E-state index in [0.29, 0.717) is 44.4 Å². The minimum Gasteiger partial charge on any atom is -0.376 e. The quantitative estimate of drug-likeness (QED) is 0.347. The SMILES string of the molecule is CCC(CC)n1c(Cc2cccs2)nc2cc(C(=O)N[C@@H](CC(C)C)C(=O)NCC3COCCO3)ccc21. The van der Waals surface area contributed by atoms with E-state index >= 15 is 0 Å². The van der Waals surface area contributed by atoms with Gasteiger partial charge in [0.05, 0.1) is 37.0 Å². The zero-order chi connectivity index (χ0) is 27.1. The minimum absolute atomic E-state index is 0.168. The summed E-state index contributed by atoms with van der Waals surface area (Å²) in [6.07, 6.45) is 3.14. The topological polar surface area (TPSA) is 94.5 Å². The van der Waals surface area contributed by atoms with Gasteiger partial charge in [-0.1, -0.05) is 33.8 Å². The summed E-state index contributed by atoms with van der Waals surface area (Å²) in [5, 5.41) is 7.98. The van der Waals surface area contributed by atoms with E-state index in [1.807, 2.05) is 32.0 Å². The highest BCUT2D eigenvalue weighted by Gasteiger charge is 2.25. The van der Waals surface area contributed by atoms with Gasteiger partial charge in [0, 0.05) is 29.4 Å². The van der Waals surface area contributed by atoms with Crippen LogP contribution in [0.15, 0.2) is 35.7 Å². The van der Waals surface area contributed by atoms with Gasteiger partial charge < -0.3 is 24.7 Å². The Hall–Kier alpha value is -2.75. The summed E-state index contributed by atoms with van der Waals surface area (Å²) >= 11 is 1.73. The third-order valence-corrected chi connectivity index (χ3v) is 7.84. The van der Waals surface area contributed by atoms with Crippen LogP contribution in [0.1, 0.15) is 74.1 Å². The van der Waals surface area contributed by atoms with E-state index in [1.165, 1.54) is 4.88 Å². The standard InChI is InChI=1S/C29H40N4O4S/c1-5-21(6-2)33-26-10-9-20(15-24(26)31-27(33)16-23-8-7-13-38-23)28(34)32-25(14-19(3)4)29(35)30-17-22-18-36-11-12-37-22/h7-10,13,15,19,21-22,25H,5-6,11-12,14,16-18H2,1-4H3,(H,30,35)(H,32,34)/t22?,25-/m0/s1. The fraction of sp³-hybridized carbons (Fsp3) is 0.552. The van der Waals surface area contributed by atoms with Crippen molar-refractivity contribution in [2.75, 3.05) is 26.4 Å². The molecule has 9 heteroatoms. The molecule has 38 heavy (non-hydrogen) atoms. The number of amides is 2. The summed E-state index contributed by atoms with van der Waals surface area (Å²) in [5.74, 6) is 0.762. The second-order valence-corrected chi connectivity index (χ2v) is 11.3. The van der Waals surface area contributed by atoms with Crippen molar-refractivity contribution in [1.82, 2.24) is 20.2 Å². The van der Waals surface area contributed by atoms with E-state index in [0.717, 1.165) is 36.1 Å². The molecule has 1 aliphatic rings. The normalized spacial score (nSPS) is 16.7. The van der Waals surface area contributed by atoms with Crippen molar-refractivity contribution in [2.45, 2.75) is 71.6 Å². The van der Waals surface area contributed by atoms with Crippen LogP contribution in [-0.4, -0.2) is 59.9 Å². The molecule has 0 aliphatic carbocycles. The molecule has 0 spiro atoms. The Morgan fingerprint density at radius 1 is 1.18 bits per heavy atom. The van der Waals surface area contributed by atoms with Gasteiger partial charge in [0.15, 0.2) is 0 Å². The molecule has 3 aromatic rings. The number of carbonyl (C=O) groups is 2. The fourth-order valence-electron chi connectivity index (χ4n) is 4.98. The molecule has 1 unspecified atom stereocenters. The van der Waals surface area contributed by atoms with Crippen LogP contribution < -0.4 is 10.6 Å². The Labute approximate surface area is 229 Å². The zero-order valence-corrected chi connectivity index (χ0v) is 23.7. The maximum absolute atomic E-state index is 13.3. The van der Waals surface area contributed by atoms with Gasteiger partial charge in [0.2, 0.25) is 5.91 Å². The summed E-state index contributed by atoms with van der Waals surface area (Å²) in [4.78, 5) is 32.6. The Kier molecular flexibility index (Phi) is 9.93. The average molecular weight is 541 g/mol. The van der Waals surface area contributed by atoms with Crippen LogP contribution >= 0.6 is 11.3 Å². The van der Waals surface area contributed by atoms with E-state index in [2.05, 4.69) is 46.6 Å². The number of imidazole rings is 1. The third-order valence-electron chi connectivity index (χ3n) is 6.96. The highest BCUT2D eigenvalue weighted by molar-refractivity contribution is 7.09. The zero-order valence-electron chi connectivity index (χ0n) is 22.9. The molecule has 4 rings (SSSR count). The number of aromatic nitrogens is 2. The Morgan fingerprint density at radius 2 is 2.00 bits per heavy atom. The molecule has 3 heterocycles. The molecule has 2 amide bonds. The number of carbonyl (C=O) groups excluding carboxylic acids is 2. The molecular formula is C29H40N4O4S. The van der Waals surface area contributed by atoms with Crippen LogP contribution in [0.3, 0.4) is 0 Å². The summed E-state index contributed by atoms with van der Waals surface area (Å²) in [7, 11) is 0. The van der Waals surface area contributed by atoms with Crippen LogP contribution in [0, 0.1) is 5.92 Å². The van der Waals surface area contributed by atoms with Crippen molar-refractivity contribution in [2.24, 2.45) is 5.92 Å². The molecule has 1 aromatic carbocycles.